The molecule has 16 nitrogen and oxygen atoms in total. The van der Waals surface area contributed by atoms with Crippen LogP contribution in [0.15, 0.2) is 0 Å². The summed E-state index contributed by atoms with van der Waals surface area (Å²) in [6.45, 7) is 8.39. The van der Waals surface area contributed by atoms with Crippen LogP contribution in [0.5, 0.6) is 0 Å². The van der Waals surface area contributed by atoms with Crippen molar-refractivity contribution >= 4 is 35.6 Å². The molecule has 4 atom stereocenters. The molecule has 0 spiro atoms. The fourth-order valence-electron chi connectivity index (χ4n) is 3.15. The average molecular weight is 622 g/mol. The van der Waals surface area contributed by atoms with Crippen LogP contribution in [-0.4, -0.2) is 118 Å². The van der Waals surface area contributed by atoms with Crippen LogP contribution < -0.4 is 16.0 Å². The van der Waals surface area contributed by atoms with Gasteiger partial charge >= 0.3 is 17.9 Å². The zero-order valence-corrected chi connectivity index (χ0v) is 25.8. The summed E-state index contributed by atoms with van der Waals surface area (Å²) in [7, 11) is 0. The van der Waals surface area contributed by atoms with Gasteiger partial charge in [0, 0.05) is 29.3 Å². The molecule has 0 bridgehead atoms. The maximum atomic E-state index is 12.4. The third-order valence-corrected chi connectivity index (χ3v) is 6.54. The Morgan fingerprint density at radius 3 is 1.53 bits per heavy atom. The van der Waals surface area contributed by atoms with E-state index in [0.29, 0.717) is 0 Å². The molecule has 0 aliphatic carbocycles. The molecule has 3 amide bonds. The fourth-order valence-corrected chi connectivity index (χ4v) is 3.15. The first-order valence-corrected chi connectivity index (χ1v) is 13.6. The number of carbonyl (C=O) groups is 6. The SMILES string of the molecule is C[C@H](NC(=O)[C@H](O)C(C)(C)CO)C(=O)OCC(C)(C)C(O)C(=O)NCCC(=O)OCC(C)(C)C(O)C(=O)NCCC(=O)O. The van der Waals surface area contributed by atoms with Gasteiger partial charge < -0.3 is 51.0 Å². The Morgan fingerprint density at radius 2 is 1.09 bits per heavy atom. The average Bonchev–Trinajstić information content (AvgIpc) is 2.92. The molecule has 0 saturated heterocycles. The largest absolute Gasteiger partial charge is 0.481 e. The summed E-state index contributed by atoms with van der Waals surface area (Å²) in [4.78, 5) is 71.6. The highest BCUT2D eigenvalue weighted by molar-refractivity contribution is 5.87. The van der Waals surface area contributed by atoms with Crippen LogP contribution in [0.3, 0.4) is 0 Å². The Balaban J connectivity index is 4.67. The van der Waals surface area contributed by atoms with Gasteiger partial charge in [-0.3, -0.25) is 24.0 Å². The second-order valence-corrected chi connectivity index (χ2v) is 12.3. The Bertz CT molecular complexity index is 997. The van der Waals surface area contributed by atoms with E-state index < -0.39 is 89.4 Å². The predicted molar refractivity (Wildman–Crippen MR) is 149 cm³/mol. The van der Waals surface area contributed by atoms with Crippen molar-refractivity contribution in [3.8, 4) is 0 Å². The molecule has 0 aliphatic rings. The van der Waals surface area contributed by atoms with E-state index in [2.05, 4.69) is 16.0 Å². The van der Waals surface area contributed by atoms with Crippen LogP contribution in [0, 0.1) is 16.2 Å². The maximum Gasteiger partial charge on any atom is 0.328 e. The third kappa shape index (κ3) is 13.7. The second-order valence-electron chi connectivity index (χ2n) is 12.3. The zero-order valence-electron chi connectivity index (χ0n) is 25.8. The van der Waals surface area contributed by atoms with Crippen molar-refractivity contribution in [1.29, 1.82) is 0 Å². The highest BCUT2D eigenvalue weighted by atomic mass is 16.5. The number of hydrogen-bond acceptors (Lipinski definition) is 12. The first-order valence-electron chi connectivity index (χ1n) is 13.6. The summed E-state index contributed by atoms with van der Waals surface area (Å²) in [6.07, 6.45) is -5.48. The van der Waals surface area contributed by atoms with Crippen molar-refractivity contribution in [1.82, 2.24) is 16.0 Å². The van der Waals surface area contributed by atoms with Crippen molar-refractivity contribution in [2.24, 2.45) is 16.2 Å². The van der Waals surface area contributed by atoms with Gasteiger partial charge in [-0.05, 0) is 6.92 Å². The monoisotopic (exact) mass is 621 g/mol. The number of ether oxygens (including phenoxy) is 2. The van der Waals surface area contributed by atoms with Gasteiger partial charge in [-0.15, -0.1) is 0 Å². The van der Waals surface area contributed by atoms with E-state index in [1.54, 1.807) is 0 Å². The summed E-state index contributed by atoms with van der Waals surface area (Å²) in [5, 5.41) is 55.5. The highest BCUT2D eigenvalue weighted by Gasteiger charge is 2.38. The predicted octanol–water partition coefficient (Wildman–Crippen LogP) is -2.17. The molecular weight excluding hydrogens is 574 g/mol. The normalized spacial score (nSPS) is 14.9. The molecule has 2 unspecified atom stereocenters. The minimum Gasteiger partial charge on any atom is -0.481 e. The van der Waals surface area contributed by atoms with E-state index in [4.69, 9.17) is 14.6 Å². The molecule has 0 aromatic carbocycles. The highest BCUT2D eigenvalue weighted by Crippen LogP contribution is 2.23. The first-order chi connectivity index (χ1) is 19.6. The van der Waals surface area contributed by atoms with Crippen LogP contribution in [0.4, 0.5) is 0 Å². The van der Waals surface area contributed by atoms with Gasteiger partial charge in [0.1, 0.15) is 24.4 Å². The smallest absolute Gasteiger partial charge is 0.328 e. The minimum absolute atomic E-state index is 0.182. The molecule has 0 aliphatic heterocycles. The van der Waals surface area contributed by atoms with E-state index >= 15 is 0 Å². The van der Waals surface area contributed by atoms with Crippen LogP contribution in [-0.2, 0) is 38.2 Å². The second kappa shape index (κ2) is 17.1. The van der Waals surface area contributed by atoms with Crippen LogP contribution in [0.1, 0.15) is 61.3 Å². The number of carboxylic acids is 1. The molecule has 43 heavy (non-hydrogen) atoms. The number of amides is 3. The van der Waals surface area contributed by atoms with E-state index in [-0.39, 0.29) is 32.5 Å². The summed E-state index contributed by atoms with van der Waals surface area (Å²) in [5.74, 6) is -5.35. The number of carbonyl (C=O) groups excluding carboxylic acids is 5. The lowest BCUT2D eigenvalue weighted by Crippen LogP contribution is -2.51. The van der Waals surface area contributed by atoms with Crippen LogP contribution in [0.25, 0.3) is 0 Å². The number of aliphatic hydroxyl groups is 4. The van der Waals surface area contributed by atoms with Gasteiger partial charge in [0.05, 0.1) is 32.7 Å². The van der Waals surface area contributed by atoms with Crippen molar-refractivity contribution in [3.05, 3.63) is 0 Å². The van der Waals surface area contributed by atoms with Gasteiger partial charge in [0.15, 0.2) is 0 Å². The lowest BCUT2D eigenvalue weighted by Gasteiger charge is -2.30. The molecule has 0 fully saturated rings. The summed E-state index contributed by atoms with van der Waals surface area (Å²) < 4.78 is 10.2. The number of nitrogens with one attached hydrogen (secondary N) is 3. The number of aliphatic hydroxyl groups excluding tert-OH is 4. The van der Waals surface area contributed by atoms with E-state index in [1.807, 2.05) is 0 Å². The van der Waals surface area contributed by atoms with Gasteiger partial charge in [0.25, 0.3) is 0 Å². The Labute approximate surface area is 250 Å². The topological polar surface area (TPSA) is 258 Å². The number of aliphatic carboxylic acids is 1. The fraction of sp³-hybridized carbons (Fsp3) is 0.778. The lowest BCUT2D eigenvalue weighted by molar-refractivity contribution is -0.157. The minimum atomic E-state index is -1.66. The van der Waals surface area contributed by atoms with Crippen molar-refractivity contribution in [2.45, 2.75) is 85.7 Å². The summed E-state index contributed by atoms with van der Waals surface area (Å²) >= 11 is 0. The molecule has 8 N–H and O–H groups in total. The third-order valence-electron chi connectivity index (χ3n) is 6.54. The van der Waals surface area contributed by atoms with Crippen LogP contribution in [0.2, 0.25) is 0 Å². The number of carboxylic acid groups (broad SMARTS) is 1. The molecule has 0 heterocycles. The standard InChI is InChI=1S/C27H47N3O13/c1-15(30-23(40)20(37)25(2,3)12-31)24(41)43-14-27(6,7)19(36)22(39)29-11-9-17(34)42-13-26(4,5)18(35)21(38)28-10-8-16(32)33/h15,18-20,31,35-37H,8-14H2,1-7H3,(H,28,38)(H,29,39)(H,30,40)(H,32,33)/t15-,18?,19?,20-/m0/s1. The first kappa shape index (κ1) is 39.7. The maximum absolute atomic E-state index is 12.4. The van der Waals surface area contributed by atoms with Crippen molar-refractivity contribution in [3.63, 3.8) is 0 Å². The summed E-state index contributed by atoms with van der Waals surface area (Å²) in [5.41, 5.74) is -3.64. The molecule has 0 saturated carbocycles. The Morgan fingerprint density at radius 1 is 0.674 bits per heavy atom. The number of rotatable bonds is 19. The molecule has 0 aromatic heterocycles. The molecular formula is C27H47N3O13. The van der Waals surface area contributed by atoms with Crippen molar-refractivity contribution in [2.75, 3.05) is 32.9 Å². The van der Waals surface area contributed by atoms with Crippen molar-refractivity contribution < 1.29 is 63.8 Å². The van der Waals surface area contributed by atoms with E-state index in [0.717, 1.165) is 0 Å². The van der Waals surface area contributed by atoms with Gasteiger partial charge in [-0.2, -0.15) is 0 Å². The molecule has 0 radical (unpaired) electrons. The Hall–Kier alpha value is -3.34. The molecule has 0 rings (SSSR count). The quantitative estimate of drug-likeness (QED) is 0.0715. The Kier molecular flexibility index (Phi) is 15.8. The summed E-state index contributed by atoms with van der Waals surface area (Å²) in [6, 6.07) is -1.18. The lowest BCUT2D eigenvalue weighted by atomic mass is 9.86. The van der Waals surface area contributed by atoms with Gasteiger partial charge in [-0.1, -0.05) is 41.5 Å². The molecule has 0 aromatic rings. The number of esters is 2. The van der Waals surface area contributed by atoms with Gasteiger partial charge in [0.2, 0.25) is 17.7 Å². The van der Waals surface area contributed by atoms with E-state index in [1.165, 1.54) is 48.5 Å². The zero-order chi connectivity index (χ0) is 33.8. The number of hydrogen-bond donors (Lipinski definition) is 8. The van der Waals surface area contributed by atoms with Gasteiger partial charge in [-0.25, -0.2) is 4.79 Å². The molecule has 16 heteroatoms. The van der Waals surface area contributed by atoms with Crippen LogP contribution >= 0.6 is 0 Å². The molecule has 248 valence electrons. The van der Waals surface area contributed by atoms with E-state index in [9.17, 15) is 49.2 Å².